The Bertz CT molecular complexity index is 640. The fourth-order valence-electron chi connectivity index (χ4n) is 2.58. The van der Waals surface area contributed by atoms with Crippen LogP contribution in [0, 0.1) is 0 Å². The molecular weight excluding hydrogens is 248 g/mol. The van der Waals surface area contributed by atoms with Gasteiger partial charge in [-0.05, 0) is 37.5 Å². The molecule has 20 heavy (non-hydrogen) atoms. The Kier molecular flexibility index (Phi) is 3.42. The van der Waals surface area contributed by atoms with Crippen LogP contribution in [0.2, 0.25) is 0 Å². The molecule has 1 aromatic carbocycles. The Morgan fingerprint density at radius 2 is 1.95 bits per heavy atom. The number of carbonyl (C=O) groups excluding carboxylic acids is 1. The van der Waals surface area contributed by atoms with Gasteiger partial charge in [-0.2, -0.15) is 0 Å². The number of hydrogen-bond donors (Lipinski definition) is 2. The molecule has 1 aromatic heterocycles. The van der Waals surface area contributed by atoms with E-state index < -0.39 is 0 Å². The van der Waals surface area contributed by atoms with Crippen LogP contribution in [-0.4, -0.2) is 10.8 Å². The van der Waals surface area contributed by atoms with E-state index in [0.29, 0.717) is 0 Å². The fraction of sp³-hybridized carbons (Fsp3) is 0.235. The van der Waals surface area contributed by atoms with Crippen LogP contribution >= 0.6 is 0 Å². The lowest BCUT2D eigenvalue weighted by molar-refractivity contribution is -0.113. The van der Waals surface area contributed by atoms with Gasteiger partial charge in [0.1, 0.15) is 0 Å². The molecule has 2 N–H and O–H groups in total. The number of aromatic nitrogens is 1. The number of ketones is 1. The quantitative estimate of drug-likeness (QED) is 0.892. The second kappa shape index (κ2) is 5.37. The van der Waals surface area contributed by atoms with Crippen molar-refractivity contribution in [1.29, 1.82) is 0 Å². The second-order valence-electron chi connectivity index (χ2n) is 5.18. The molecule has 0 unspecified atom stereocenters. The Labute approximate surface area is 118 Å². The van der Waals surface area contributed by atoms with E-state index in [1.807, 2.05) is 24.4 Å². The van der Waals surface area contributed by atoms with Crippen molar-refractivity contribution in [1.82, 2.24) is 10.3 Å². The number of carbonyl (C=O) groups is 1. The highest BCUT2D eigenvalue weighted by molar-refractivity contribution is 5.93. The van der Waals surface area contributed by atoms with Crippen molar-refractivity contribution in [2.24, 2.45) is 0 Å². The molecule has 0 radical (unpaired) electrons. The highest BCUT2D eigenvalue weighted by atomic mass is 16.1. The van der Waals surface area contributed by atoms with E-state index in [1.54, 1.807) is 6.92 Å². The first kappa shape index (κ1) is 12.7. The number of hydrogen-bond acceptors (Lipinski definition) is 2. The summed E-state index contributed by atoms with van der Waals surface area (Å²) in [7, 11) is 0. The summed E-state index contributed by atoms with van der Waals surface area (Å²) < 4.78 is 0. The maximum Gasteiger partial charge on any atom is 0.157 e. The van der Waals surface area contributed by atoms with Crippen LogP contribution in [0.25, 0.3) is 11.3 Å². The molecule has 1 aliphatic heterocycles. The summed E-state index contributed by atoms with van der Waals surface area (Å²) in [5.74, 6) is 0.160. The summed E-state index contributed by atoms with van der Waals surface area (Å²) in [6.45, 7) is 1.62. The number of nitrogens with one attached hydrogen (secondary N) is 2. The minimum atomic E-state index is 0.160. The Balaban J connectivity index is 1.77. The lowest BCUT2D eigenvalue weighted by atomic mass is 9.98. The molecule has 3 nitrogen and oxygen atoms in total. The summed E-state index contributed by atoms with van der Waals surface area (Å²) in [5.41, 5.74) is 4.37. The molecule has 2 heterocycles. The average molecular weight is 266 g/mol. The third-order valence-corrected chi connectivity index (χ3v) is 3.78. The molecule has 0 saturated heterocycles. The Morgan fingerprint density at radius 1 is 1.15 bits per heavy atom. The van der Waals surface area contributed by atoms with Crippen LogP contribution < -0.4 is 5.32 Å². The molecule has 3 rings (SSSR count). The standard InChI is InChI=1S/C17H18N2O/c1-12(20)14-7-8-16(18-11-14)17-10-9-15(19-17)13-5-3-2-4-6-13/h2-6,9-11,16,18-19H,7-8H2,1H3/t16-/m1/s1. The molecule has 102 valence electrons. The van der Waals surface area contributed by atoms with Crippen molar-refractivity contribution in [3.8, 4) is 11.3 Å². The molecule has 0 saturated carbocycles. The van der Waals surface area contributed by atoms with Crippen LogP contribution in [0.1, 0.15) is 31.5 Å². The molecule has 0 fully saturated rings. The van der Waals surface area contributed by atoms with Gasteiger partial charge in [0.25, 0.3) is 0 Å². The van der Waals surface area contributed by atoms with E-state index in [2.05, 4.69) is 34.6 Å². The van der Waals surface area contributed by atoms with Gasteiger partial charge >= 0.3 is 0 Å². The number of benzene rings is 1. The minimum absolute atomic E-state index is 0.160. The zero-order valence-electron chi connectivity index (χ0n) is 11.5. The zero-order chi connectivity index (χ0) is 13.9. The molecular formula is C17H18N2O. The number of aromatic amines is 1. The monoisotopic (exact) mass is 266 g/mol. The van der Waals surface area contributed by atoms with Gasteiger partial charge in [-0.3, -0.25) is 4.79 Å². The van der Waals surface area contributed by atoms with E-state index in [-0.39, 0.29) is 11.8 Å². The van der Waals surface area contributed by atoms with Gasteiger partial charge in [-0.15, -0.1) is 0 Å². The van der Waals surface area contributed by atoms with E-state index in [0.717, 1.165) is 24.1 Å². The van der Waals surface area contributed by atoms with Gasteiger partial charge in [-0.25, -0.2) is 0 Å². The Morgan fingerprint density at radius 3 is 2.60 bits per heavy atom. The molecule has 0 amide bonds. The van der Waals surface area contributed by atoms with Crippen molar-refractivity contribution >= 4 is 5.78 Å². The predicted octanol–water partition coefficient (Wildman–Crippen LogP) is 3.58. The van der Waals surface area contributed by atoms with Gasteiger partial charge in [0.15, 0.2) is 5.78 Å². The van der Waals surface area contributed by atoms with Gasteiger partial charge in [0.05, 0.1) is 6.04 Å². The molecule has 0 aliphatic carbocycles. The maximum absolute atomic E-state index is 11.3. The summed E-state index contributed by atoms with van der Waals surface area (Å²) in [6.07, 6.45) is 3.65. The van der Waals surface area contributed by atoms with Crippen molar-refractivity contribution in [3.05, 3.63) is 59.9 Å². The normalized spacial score (nSPS) is 18.2. The number of rotatable bonds is 3. The summed E-state index contributed by atoms with van der Waals surface area (Å²) in [5, 5.41) is 3.32. The smallest absolute Gasteiger partial charge is 0.157 e. The first-order chi connectivity index (χ1) is 9.74. The van der Waals surface area contributed by atoms with E-state index in [1.165, 1.54) is 11.3 Å². The van der Waals surface area contributed by atoms with Crippen LogP contribution in [0.5, 0.6) is 0 Å². The maximum atomic E-state index is 11.3. The molecule has 0 bridgehead atoms. The lowest BCUT2D eigenvalue weighted by Gasteiger charge is -2.22. The summed E-state index contributed by atoms with van der Waals surface area (Å²) in [6, 6.07) is 14.8. The van der Waals surface area contributed by atoms with Crippen LogP contribution in [0.3, 0.4) is 0 Å². The molecule has 1 aliphatic rings. The largest absolute Gasteiger partial charge is 0.382 e. The number of H-pyrrole nitrogens is 1. The zero-order valence-corrected chi connectivity index (χ0v) is 11.5. The molecule has 2 aromatic rings. The van der Waals surface area contributed by atoms with Crippen molar-refractivity contribution < 1.29 is 4.79 Å². The SMILES string of the molecule is CC(=O)C1=CN[C@@H](c2ccc(-c3ccccc3)[nH]2)CC1. The highest BCUT2D eigenvalue weighted by Crippen LogP contribution is 2.27. The van der Waals surface area contributed by atoms with E-state index in [9.17, 15) is 4.79 Å². The topological polar surface area (TPSA) is 44.9 Å². The first-order valence-electron chi connectivity index (χ1n) is 6.94. The average Bonchev–Trinajstić information content (AvgIpc) is 2.98. The second-order valence-corrected chi connectivity index (χ2v) is 5.18. The summed E-state index contributed by atoms with van der Waals surface area (Å²) >= 11 is 0. The molecule has 1 atom stereocenters. The number of Topliss-reactive ketones (excluding diaryl/α,β-unsaturated/α-hetero) is 1. The fourth-order valence-corrected chi connectivity index (χ4v) is 2.58. The van der Waals surface area contributed by atoms with Gasteiger partial charge < -0.3 is 10.3 Å². The summed E-state index contributed by atoms with van der Waals surface area (Å²) in [4.78, 5) is 14.8. The first-order valence-corrected chi connectivity index (χ1v) is 6.94. The van der Waals surface area contributed by atoms with Gasteiger partial charge in [0, 0.05) is 23.2 Å². The van der Waals surface area contributed by atoms with E-state index >= 15 is 0 Å². The minimum Gasteiger partial charge on any atom is -0.382 e. The number of allylic oxidation sites excluding steroid dienone is 1. The van der Waals surface area contributed by atoms with Crippen molar-refractivity contribution in [2.75, 3.05) is 0 Å². The van der Waals surface area contributed by atoms with Crippen LogP contribution in [-0.2, 0) is 4.79 Å². The van der Waals surface area contributed by atoms with Gasteiger partial charge in [0.2, 0.25) is 0 Å². The van der Waals surface area contributed by atoms with Gasteiger partial charge in [-0.1, -0.05) is 30.3 Å². The molecule has 3 heteroatoms. The third kappa shape index (κ3) is 2.52. The molecule has 0 spiro atoms. The lowest BCUT2D eigenvalue weighted by Crippen LogP contribution is -2.22. The third-order valence-electron chi connectivity index (χ3n) is 3.78. The Hall–Kier alpha value is -2.29. The highest BCUT2D eigenvalue weighted by Gasteiger charge is 2.18. The van der Waals surface area contributed by atoms with Crippen LogP contribution in [0.4, 0.5) is 0 Å². The van der Waals surface area contributed by atoms with Crippen molar-refractivity contribution in [2.45, 2.75) is 25.8 Å². The van der Waals surface area contributed by atoms with E-state index in [4.69, 9.17) is 0 Å². The van der Waals surface area contributed by atoms with Crippen molar-refractivity contribution in [3.63, 3.8) is 0 Å². The predicted molar refractivity (Wildman–Crippen MR) is 80.1 cm³/mol. The van der Waals surface area contributed by atoms with Crippen LogP contribution in [0.15, 0.2) is 54.2 Å².